The van der Waals surface area contributed by atoms with Crippen molar-refractivity contribution in [3.05, 3.63) is 36.3 Å². The molecule has 2 aromatic rings. The minimum absolute atomic E-state index is 0.221. The van der Waals surface area contributed by atoms with Crippen LogP contribution in [-0.4, -0.2) is 45.3 Å². The predicted octanol–water partition coefficient (Wildman–Crippen LogP) is 3.89. The molecular formula is C20H26FN5. The molecule has 1 aliphatic heterocycles. The van der Waals surface area contributed by atoms with Crippen molar-refractivity contribution in [2.75, 3.05) is 25.0 Å². The lowest BCUT2D eigenvalue weighted by atomic mass is 9.92. The molecule has 1 aliphatic carbocycles. The van der Waals surface area contributed by atoms with E-state index in [4.69, 9.17) is 0 Å². The summed E-state index contributed by atoms with van der Waals surface area (Å²) in [5, 5.41) is 11.6. The number of nitrogens with zero attached hydrogens (tertiary/aromatic N) is 4. The Morgan fingerprint density at radius 1 is 1.08 bits per heavy atom. The average molecular weight is 355 g/mol. The van der Waals surface area contributed by atoms with Crippen LogP contribution in [-0.2, 0) is 0 Å². The zero-order valence-corrected chi connectivity index (χ0v) is 15.1. The molecule has 1 aromatic carbocycles. The van der Waals surface area contributed by atoms with E-state index in [-0.39, 0.29) is 11.4 Å². The molecule has 0 bridgehead atoms. The summed E-state index contributed by atoms with van der Waals surface area (Å²) in [7, 11) is 0. The largest absolute Gasteiger partial charge is 0.351 e. The molecule has 0 atom stereocenters. The van der Waals surface area contributed by atoms with Gasteiger partial charge in [0.05, 0.1) is 11.9 Å². The molecule has 2 aliphatic rings. The van der Waals surface area contributed by atoms with E-state index in [1.165, 1.54) is 70.2 Å². The van der Waals surface area contributed by atoms with Gasteiger partial charge in [-0.25, -0.2) is 9.37 Å². The first-order valence-corrected chi connectivity index (χ1v) is 9.70. The van der Waals surface area contributed by atoms with Crippen molar-refractivity contribution in [1.82, 2.24) is 20.1 Å². The first-order valence-electron chi connectivity index (χ1n) is 9.70. The van der Waals surface area contributed by atoms with E-state index >= 15 is 0 Å². The fourth-order valence-electron chi connectivity index (χ4n) is 4.42. The maximum absolute atomic E-state index is 13.5. The van der Waals surface area contributed by atoms with E-state index in [1.807, 2.05) is 6.07 Å². The average Bonchev–Trinajstić information content (AvgIpc) is 3.18. The molecule has 1 N–H and O–H groups in total. The topological polar surface area (TPSA) is 53.9 Å². The van der Waals surface area contributed by atoms with E-state index in [2.05, 4.69) is 25.4 Å². The monoisotopic (exact) mass is 355 g/mol. The Morgan fingerprint density at radius 2 is 1.88 bits per heavy atom. The number of hydrogen-bond acceptors (Lipinski definition) is 5. The molecule has 26 heavy (non-hydrogen) atoms. The van der Waals surface area contributed by atoms with Gasteiger partial charge in [-0.05, 0) is 50.9 Å². The second kappa shape index (κ2) is 7.66. The summed E-state index contributed by atoms with van der Waals surface area (Å²) in [5.74, 6) is 0.251. The molecule has 4 rings (SSSR count). The van der Waals surface area contributed by atoms with Crippen molar-refractivity contribution >= 4 is 5.95 Å². The lowest BCUT2D eigenvalue weighted by molar-refractivity contribution is 0.0807. The number of halogens is 1. The van der Waals surface area contributed by atoms with Crippen LogP contribution in [0.5, 0.6) is 0 Å². The number of benzene rings is 1. The lowest BCUT2D eigenvalue weighted by Crippen LogP contribution is -2.53. The van der Waals surface area contributed by atoms with E-state index < -0.39 is 0 Å². The summed E-state index contributed by atoms with van der Waals surface area (Å²) >= 11 is 0. The van der Waals surface area contributed by atoms with Gasteiger partial charge in [0.15, 0.2) is 0 Å². The van der Waals surface area contributed by atoms with Crippen molar-refractivity contribution in [2.45, 2.75) is 50.5 Å². The Labute approximate surface area is 154 Å². The molecule has 6 heteroatoms. The van der Waals surface area contributed by atoms with Gasteiger partial charge >= 0.3 is 0 Å². The highest BCUT2D eigenvalue weighted by Gasteiger charge is 2.39. The van der Waals surface area contributed by atoms with Gasteiger partial charge in [-0.1, -0.05) is 31.4 Å². The summed E-state index contributed by atoms with van der Waals surface area (Å²) < 4.78 is 13.5. The van der Waals surface area contributed by atoms with E-state index in [9.17, 15) is 4.39 Å². The second-order valence-corrected chi connectivity index (χ2v) is 7.51. The molecule has 0 spiro atoms. The highest BCUT2D eigenvalue weighted by molar-refractivity contribution is 5.58. The standard InChI is InChI=1S/C20H26FN5/c21-17-8-6-7-16(13-17)18-14-23-25-19(24-18)22-15-20(9-2-3-10-20)26-11-4-1-5-12-26/h6-8,13-14H,1-5,9-12,15H2,(H,22,24,25). The molecule has 0 radical (unpaired) electrons. The number of piperidine rings is 1. The molecule has 0 amide bonds. The van der Waals surface area contributed by atoms with Gasteiger partial charge in [-0.2, -0.15) is 5.10 Å². The van der Waals surface area contributed by atoms with Crippen LogP contribution >= 0.6 is 0 Å². The third-order valence-electron chi connectivity index (χ3n) is 5.82. The minimum atomic E-state index is -0.273. The van der Waals surface area contributed by atoms with Crippen LogP contribution in [0.3, 0.4) is 0 Å². The fourth-order valence-corrected chi connectivity index (χ4v) is 4.42. The Morgan fingerprint density at radius 3 is 2.65 bits per heavy atom. The molecule has 1 saturated carbocycles. The van der Waals surface area contributed by atoms with Gasteiger partial charge in [-0.15, -0.1) is 5.10 Å². The van der Waals surface area contributed by atoms with Crippen LogP contribution in [0.4, 0.5) is 10.3 Å². The molecule has 0 unspecified atom stereocenters. The van der Waals surface area contributed by atoms with Crippen LogP contribution in [0.25, 0.3) is 11.3 Å². The van der Waals surface area contributed by atoms with Crippen molar-refractivity contribution in [3.8, 4) is 11.3 Å². The predicted molar refractivity (Wildman–Crippen MR) is 100 cm³/mol. The van der Waals surface area contributed by atoms with Gasteiger partial charge in [0.25, 0.3) is 0 Å². The molecule has 2 heterocycles. The van der Waals surface area contributed by atoms with Crippen LogP contribution in [0.15, 0.2) is 30.5 Å². The second-order valence-electron chi connectivity index (χ2n) is 7.51. The third kappa shape index (κ3) is 3.70. The highest BCUT2D eigenvalue weighted by atomic mass is 19.1. The number of nitrogens with one attached hydrogen (secondary N) is 1. The molecule has 2 fully saturated rings. The van der Waals surface area contributed by atoms with E-state index in [1.54, 1.807) is 12.3 Å². The first kappa shape index (κ1) is 17.3. The van der Waals surface area contributed by atoms with Crippen LogP contribution < -0.4 is 5.32 Å². The van der Waals surface area contributed by atoms with Crippen LogP contribution in [0, 0.1) is 5.82 Å². The lowest BCUT2D eigenvalue weighted by Gasteiger charge is -2.43. The maximum atomic E-state index is 13.5. The van der Waals surface area contributed by atoms with Crippen molar-refractivity contribution in [3.63, 3.8) is 0 Å². The quantitative estimate of drug-likeness (QED) is 0.882. The molecule has 5 nitrogen and oxygen atoms in total. The fraction of sp³-hybridized carbons (Fsp3) is 0.550. The Hall–Kier alpha value is -2.08. The molecule has 1 saturated heterocycles. The summed E-state index contributed by atoms with van der Waals surface area (Å²) in [6, 6.07) is 6.42. The minimum Gasteiger partial charge on any atom is -0.351 e. The molecule has 1 aromatic heterocycles. The Bertz CT molecular complexity index is 738. The van der Waals surface area contributed by atoms with E-state index in [0.717, 1.165) is 12.1 Å². The van der Waals surface area contributed by atoms with Crippen molar-refractivity contribution < 1.29 is 4.39 Å². The van der Waals surface area contributed by atoms with Crippen molar-refractivity contribution in [2.24, 2.45) is 0 Å². The van der Waals surface area contributed by atoms with Gasteiger partial charge in [0.2, 0.25) is 5.95 Å². The summed E-state index contributed by atoms with van der Waals surface area (Å²) in [4.78, 5) is 7.23. The smallest absolute Gasteiger partial charge is 0.243 e. The summed E-state index contributed by atoms with van der Waals surface area (Å²) in [6.45, 7) is 3.25. The van der Waals surface area contributed by atoms with E-state index in [0.29, 0.717) is 11.6 Å². The Kier molecular flexibility index (Phi) is 5.11. The van der Waals surface area contributed by atoms with Gasteiger partial charge in [0.1, 0.15) is 5.82 Å². The third-order valence-corrected chi connectivity index (χ3v) is 5.82. The first-order chi connectivity index (χ1) is 12.8. The summed E-state index contributed by atoms with van der Waals surface area (Å²) in [5.41, 5.74) is 1.58. The van der Waals surface area contributed by atoms with Gasteiger partial charge in [0, 0.05) is 17.6 Å². The van der Waals surface area contributed by atoms with Gasteiger partial charge in [-0.3, -0.25) is 4.90 Å². The number of rotatable bonds is 5. The molecular weight excluding hydrogens is 329 g/mol. The van der Waals surface area contributed by atoms with Crippen molar-refractivity contribution in [1.29, 1.82) is 0 Å². The highest BCUT2D eigenvalue weighted by Crippen LogP contribution is 2.37. The normalized spacial score (nSPS) is 20.2. The maximum Gasteiger partial charge on any atom is 0.243 e. The van der Waals surface area contributed by atoms with Gasteiger partial charge < -0.3 is 5.32 Å². The molecule has 138 valence electrons. The van der Waals surface area contributed by atoms with Crippen LogP contribution in [0.1, 0.15) is 44.9 Å². The number of anilines is 1. The summed E-state index contributed by atoms with van der Waals surface area (Å²) in [6.07, 6.45) is 10.6. The Balaban J connectivity index is 1.49. The zero-order chi connectivity index (χ0) is 17.8. The van der Waals surface area contributed by atoms with Crippen LogP contribution in [0.2, 0.25) is 0 Å². The SMILES string of the molecule is Fc1cccc(-c2cnnc(NCC3(N4CCCCC4)CCCC3)n2)c1. The zero-order valence-electron chi connectivity index (χ0n) is 15.1. The number of aromatic nitrogens is 3. The number of hydrogen-bond donors (Lipinski definition) is 1. The number of likely N-dealkylation sites (tertiary alicyclic amines) is 1.